The van der Waals surface area contributed by atoms with Gasteiger partial charge < -0.3 is 29.6 Å². The Bertz CT molecular complexity index is 1350. The number of fused-ring (bicyclic) bond motifs is 2. The molecule has 2 aliphatic rings. The number of benzene rings is 2. The van der Waals surface area contributed by atoms with Crippen molar-refractivity contribution in [3.8, 4) is 11.5 Å². The van der Waals surface area contributed by atoms with Crippen LogP contribution in [0, 0.1) is 6.92 Å². The van der Waals surface area contributed by atoms with Gasteiger partial charge in [-0.15, -0.1) is 0 Å². The van der Waals surface area contributed by atoms with E-state index in [-0.39, 0.29) is 17.6 Å². The van der Waals surface area contributed by atoms with Gasteiger partial charge in [-0.3, -0.25) is 4.79 Å². The number of ketones is 1. The molecule has 8 heteroatoms. The molecule has 36 heavy (non-hydrogen) atoms. The van der Waals surface area contributed by atoms with Crippen molar-refractivity contribution in [3.05, 3.63) is 59.0 Å². The third-order valence-corrected chi connectivity index (χ3v) is 7.06. The third-order valence-electron chi connectivity index (χ3n) is 7.06. The SMILES string of the molecule is CNC(=O)Nc1ccc2c(c1)C(=O)/C(=C/c1c(C)n(CCCN3CCCC3)c3ccc(OC)cc13)O2. The lowest BCUT2D eigenvalue weighted by Gasteiger charge is -2.15. The number of aryl methyl sites for hydroxylation is 1. The van der Waals surface area contributed by atoms with Gasteiger partial charge in [-0.1, -0.05) is 0 Å². The Kier molecular flexibility index (Phi) is 6.69. The van der Waals surface area contributed by atoms with E-state index < -0.39 is 0 Å². The number of hydrogen-bond acceptors (Lipinski definition) is 5. The van der Waals surface area contributed by atoms with Crippen molar-refractivity contribution in [2.45, 2.75) is 32.7 Å². The lowest BCUT2D eigenvalue weighted by atomic mass is 10.1. The Morgan fingerprint density at radius 1 is 1.14 bits per heavy atom. The molecule has 0 atom stereocenters. The molecule has 1 saturated heterocycles. The molecule has 1 fully saturated rings. The van der Waals surface area contributed by atoms with Gasteiger partial charge in [-0.05, 0) is 88.3 Å². The molecule has 0 unspecified atom stereocenters. The van der Waals surface area contributed by atoms with Crippen LogP contribution in [0.5, 0.6) is 11.5 Å². The molecular weight excluding hydrogens is 456 g/mol. The maximum Gasteiger partial charge on any atom is 0.318 e. The predicted molar refractivity (Wildman–Crippen MR) is 141 cm³/mol. The number of nitrogens with one attached hydrogen (secondary N) is 2. The van der Waals surface area contributed by atoms with Gasteiger partial charge >= 0.3 is 6.03 Å². The number of Topliss-reactive ketones (excluding diaryl/α,β-unsaturated/α-hetero) is 1. The number of likely N-dealkylation sites (tertiary alicyclic amines) is 1. The topological polar surface area (TPSA) is 84.8 Å². The summed E-state index contributed by atoms with van der Waals surface area (Å²) in [6.45, 7) is 6.47. The third kappa shape index (κ3) is 4.56. The van der Waals surface area contributed by atoms with Crippen LogP contribution in [0.3, 0.4) is 0 Å². The molecule has 8 nitrogen and oxygen atoms in total. The predicted octanol–water partition coefficient (Wildman–Crippen LogP) is 4.81. The molecular formula is C28H32N4O4. The minimum atomic E-state index is -0.348. The number of ether oxygens (including phenoxy) is 2. The Labute approximate surface area is 210 Å². The molecule has 188 valence electrons. The van der Waals surface area contributed by atoms with Crippen LogP contribution in [0.1, 0.15) is 40.9 Å². The number of hydrogen-bond donors (Lipinski definition) is 2. The zero-order chi connectivity index (χ0) is 25.2. The van der Waals surface area contributed by atoms with Gasteiger partial charge in [0.25, 0.3) is 0 Å². The average Bonchev–Trinajstić information content (AvgIpc) is 3.58. The first-order valence-electron chi connectivity index (χ1n) is 12.4. The van der Waals surface area contributed by atoms with Crippen LogP contribution in [0.2, 0.25) is 0 Å². The summed E-state index contributed by atoms with van der Waals surface area (Å²) in [5.41, 5.74) is 4.11. The van der Waals surface area contributed by atoms with Crippen LogP contribution in [-0.4, -0.2) is 55.1 Å². The van der Waals surface area contributed by atoms with Gasteiger partial charge in [0, 0.05) is 41.4 Å². The Morgan fingerprint density at radius 3 is 2.69 bits per heavy atom. The minimum absolute atomic E-state index is 0.206. The number of carbonyl (C=O) groups is 2. The van der Waals surface area contributed by atoms with E-state index in [0.717, 1.165) is 47.4 Å². The van der Waals surface area contributed by atoms with Crippen LogP contribution in [0.15, 0.2) is 42.2 Å². The van der Waals surface area contributed by atoms with Gasteiger partial charge in [0.2, 0.25) is 5.78 Å². The highest BCUT2D eigenvalue weighted by molar-refractivity contribution is 6.16. The fraction of sp³-hybridized carbons (Fsp3) is 0.357. The Morgan fingerprint density at radius 2 is 1.94 bits per heavy atom. The summed E-state index contributed by atoms with van der Waals surface area (Å²) in [5, 5.41) is 6.23. The quantitative estimate of drug-likeness (QED) is 0.466. The number of allylic oxidation sites excluding steroid dienone is 1. The maximum atomic E-state index is 13.2. The van der Waals surface area contributed by atoms with E-state index >= 15 is 0 Å². The van der Waals surface area contributed by atoms with Crippen molar-refractivity contribution >= 4 is 34.5 Å². The van der Waals surface area contributed by atoms with Gasteiger partial charge in [-0.25, -0.2) is 4.79 Å². The zero-order valence-electron chi connectivity index (χ0n) is 21.0. The molecule has 0 bridgehead atoms. The van der Waals surface area contributed by atoms with Crippen LogP contribution in [-0.2, 0) is 6.54 Å². The highest BCUT2D eigenvalue weighted by atomic mass is 16.5. The van der Waals surface area contributed by atoms with Crippen LogP contribution < -0.4 is 20.1 Å². The number of rotatable bonds is 7. The maximum absolute atomic E-state index is 13.2. The Balaban J connectivity index is 1.46. The van der Waals surface area contributed by atoms with E-state index in [1.54, 1.807) is 25.3 Å². The number of anilines is 1. The molecule has 2 amide bonds. The Hall–Kier alpha value is -3.78. The summed E-state index contributed by atoms with van der Waals surface area (Å²) in [7, 11) is 3.20. The number of methoxy groups -OCH3 is 1. The first-order chi connectivity index (χ1) is 17.5. The van der Waals surface area contributed by atoms with Crippen LogP contribution in [0.25, 0.3) is 17.0 Å². The van der Waals surface area contributed by atoms with Crippen molar-refractivity contribution in [3.63, 3.8) is 0 Å². The largest absolute Gasteiger partial charge is 0.497 e. The average molecular weight is 489 g/mol. The molecule has 2 aromatic carbocycles. The normalized spacial score (nSPS) is 16.4. The van der Waals surface area contributed by atoms with Crippen molar-refractivity contribution in [1.82, 2.24) is 14.8 Å². The monoisotopic (exact) mass is 488 g/mol. The number of amides is 2. The standard InChI is InChI=1S/C28H32N4O4/c1-18-21(17-26-27(33)23-15-19(30-28(34)29-2)7-10-25(23)36-26)22-16-20(35-3)8-9-24(22)32(18)14-6-13-31-11-4-5-12-31/h7-10,15-17H,4-6,11-14H2,1-3H3,(H2,29,30,34)/b26-17-. The molecule has 3 heterocycles. The number of urea groups is 1. The smallest absolute Gasteiger partial charge is 0.318 e. The first-order valence-corrected chi connectivity index (χ1v) is 12.4. The summed E-state index contributed by atoms with van der Waals surface area (Å²) in [6, 6.07) is 10.8. The second kappa shape index (κ2) is 10.1. The highest BCUT2D eigenvalue weighted by Crippen LogP contribution is 2.37. The number of aromatic nitrogens is 1. The lowest BCUT2D eigenvalue weighted by Crippen LogP contribution is -2.24. The molecule has 0 radical (unpaired) electrons. The minimum Gasteiger partial charge on any atom is -0.497 e. The first kappa shape index (κ1) is 23.9. The van der Waals surface area contributed by atoms with E-state index in [4.69, 9.17) is 9.47 Å². The molecule has 0 aliphatic carbocycles. The molecule has 1 aromatic heterocycles. The van der Waals surface area contributed by atoms with E-state index in [2.05, 4.69) is 33.1 Å². The highest BCUT2D eigenvalue weighted by Gasteiger charge is 2.29. The fourth-order valence-electron chi connectivity index (χ4n) is 5.13. The zero-order valence-corrected chi connectivity index (χ0v) is 21.0. The van der Waals surface area contributed by atoms with Gasteiger partial charge in [0.1, 0.15) is 11.5 Å². The van der Waals surface area contributed by atoms with Crippen molar-refractivity contribution < 1.29 is 19.1 Å². The summed E-state index contributed by atoms with van der Waals surface area (Å²) in [6.07, 6.45) is 5.49. The molecule has 2 N–H and O–H groups in total. The summed E-state index contributed by atoms with van der Waals surface area (Å²) in [5.74, 6) is 1.31. The summed E-state index contributed by atoms with van der Waals surface area (Å²) < 4.78 is 13.8. The van der Waals surface area contributed by atoms with Crippen LogP contribution >= 0.6 is 0 Å². The van der Waals surface area contributed by atoms with Gasteiger partial charge in [0.15, 0.2) is 5.76 Å². The van der Waals surface area contributed by atoms with Gasteiger partial charge in [0.05, 0.1) is 12.7 Å². The molecule has 0 spiro atoms. The summed E-state index contributed by atoms with van der Waals surface area (Å²) >= 11 is 0. The number of carbonyl (C=O) groups excluding carboxylic acids is 2. The molecule has 2 aliphatic heterocycles. The second-order valence-electron chi connectivity index (χ2n) is 9.29. The van der Waals surface area contributed by atoms with Crippen LogP contribution in [0.4, 0.5) is 10.5 Å². The van der Waals surface area contributed by atoms with E-state index in [9.17, 15) is 9.59 Å². The van der Waals surface area contributed by atoms with Gasteiger partial charge in [-0.2, -0.15) is 0 Å². The lowest BCUT2D eigenvalue weighted by molar-refractivity contribution is 0.101. The fourth-order valence-corrected chi connectivity index (χ4v) is 5.13. The van der Waals surface area contributed by atoms with Crippen molar-refractivity contribution in [2.24, 2.45) is 0 Å². The number of nitrogens with zero attached hydrogens (tertiary/aromatic N) is 2. The van der Waals surface area contributed by atoms with E-state index in [1.807, 2.05) is 18.2 Å². The van der Waals surface area contributed by atoms with Crippen molar-refractivity contribution in [1.29, 1.82) is 0 Å². The second-order valence-corrected chi connectivity index (χ2v) is 9.29. The van der Waals surface area contributed by atoms with Crippen molar-refractivity contribution in [2.75, 3.05) is 39.1 Å². The molecule has 5 rings (SSSR count). The van der Waals surface area contributed by atoms with E-state index in [1.165, 1.54) is 33.0 Å². The molecule has 3 aromatic rings. The molecule has 0 saturated carbocycles. The summed E-state index contributed by atoms with van der Waals surface area (Å²) in [4.78, 5) is 27.4. The van der Waals surface area contributed by atoms with E-state index in [0.29, 0.717) is 17.0 Å².